The van der Waals surface area contributed by atoms with Gasteiger partial charge in [0.25, 0.3) is 0 Å². The van der Waals surface area contributed by atoms with Crippen molar-refractivity contribution in [2.75, 3.05) is 13.6 Å². The molecule has 2 N–H and O–H groups in total. The molecular weight excluding hydrogens is 150 g/mol. The molecule has 2 atom stereocenters. The highest BCUT2D eigenvalue weighted by molar-refractivity contribution is 5.68. The number of hydrogen-bond donors (Lipinski definition) is 2. The van der Waals surface area contributed by atoms with Gasteiger partial charge in [0.15, 0.2) is 0 Å². The van der Waals surface area contributed by atoms with E-state index in [0.717, 1.165) is 6.54 Å². The van der Waals surface area contributed by atoms with Crippen molar-refractivity contribution in [2.24, 2.45) is 10.9 Å². The van der Waals surface area contributed by atoms with Crippen LogP contribution in [0, 0.1) is 5.92 Å². The van der Waals surface area contributed by atoms with Crippen molar-refractivity contribution in [3.8, 4) is 0 Å². The third-order valence-corrected chi connectivity index (χ3v) is 2.17. The molecule has 0 amide bonds. The van der Waals surface area contributed by atoms with Crippen molar-refractivity contribution in [1.29, 1.82) is 0 Å². The first kappa shape index (κ1) is 7.55. The molecule has 12 heavy (non-hydrogen) atoms. The Morgan fingerprint density at radius 3 is 3.33 bits per heavy atom. The molecule has 64 valence electrons. The Balaban J connectivity index is 2.06. The molecule has 0 saturated heterocycles. The fraction of sp³-hybridized carbons (Fsp3) is 0.444. The number of hydrogen-bond acceptors (Lipinski definition) is 3. The minimum absolute atomic E-state index is 0.436. The molecule has 2 aliphatic rings. The first-order valence-electron chi connectivity index (χ1n) is 4.22. The highest BCUT2D eigenvalue weighted by Gasteiger charge is 2.23. The Morgan fingerprint density at radius 2 is 2.58 bits per heavy atom. The number of nitrogens with one attached hydrogen (secondary N) is 2. The molecule has 2 aliphatic heterocycles. The van der Waals surface area contributed by atoms with Crippen LogP contribution in [0.15, 0.2) is 29.0 Å². The van der Waals surface area contributed by atoms with E-state index in [1.54, 1.807) is 0 Å². The summed E-state index contributed by atoms with van der Waals surface area (Å²) in [5, 5.41) is 6.53. The smallest absolute Gasteiger partial charge is 0.0572 e. The lowest BCUT2D eigenvalue weighted by molar-refractivity contribution is 0.652. The van der Waals surface area contributed by atoms with Gasteiger partial charge in [-0.3, -0.25) is 4.99 Å². The standard InChI is InChI=1S/C9H13N3/c1-10-6-8-4-7-5-11-3-2-9(7)12-8/h2-5,7,9-10,12H,6H2,1H3. The highest BCUT2D eigenvalue weighted by Crippen LogP contribution is 2.18. The Labute approximate surface area is 72.3 Å². The van der Waals surface area contributed by atoms with E-state index in [1.807, 2.05) is 19.5 Å². The lowest BCUT2D eigenvalue weighted by Gasteiger charge is -2.15. The molecule has 0 aliphatic carbocycles. The third kappa shape index (κ3) is 1.28. The molecule has 3 heteroatoms. The summed E-state index contributed by atoms with van der Waals surface area (Å²) in [5.41, 5.74) is 1.27. The van der Waals surface area contributed by atoms with Crippen LogP contribution in [0.4, 0.5) is 0 Å². The second-order valence-electron chi connectivity index (χ2n) is 3.11. The van der Waals surface area contributed by atoms with Gasteiger partial charge >= 0.3 is 0 Å². The maximum absolute atomic E-state index is 4.10. The molecule has 0 aromatic heterocycles. The van der Waals surface area contributed by atoms with Gasteiger partial charge in [-0.2, -0.15) is 0 Å². The second-order valence-corrected chi connectivity index (χ2v) is 3.11. The molecule has 2 heterocycles. The van der Waals surface area contributed by atoms with Crippen LogP contribution in [0.1, 0.15) is 0 Å². The van der Waals surface area contributed by atoms with Crippen LogP contribution in [0.5, 0.6) is 0 Å². The van der Waals surface area contributed by atoms with E-state index in [4.69, 9.17) is 0 Å². The van der Waals surface area contributed by atoms with Gasteiger partial charge in [-0.15, -0.1) is 0 Å². The van der Waals surface area contributed by atoms with Crippen LogP contribution in [0.2, 0.25) is 0 Å². The van der Waals surface area contributed by atoms with E-state index < -0.39 is 0 Å². The van der Waals surface area contributed by atoms with Crippen molar-refractivity contribution < 1.29 is 0 Å². The van der Waals surface area contributed by atoms with Crippen molar-refractivity contribution in [3.05, 3.63) is 24.0 Å². The molecular formula is C9H13N3. The summed E-state index contributed by atoms with van der Waals surface area (Å²) >= 11 is 0. The van der Waals surface area contributed by atoms with Crippen LogP contribution in [-0.4, -0.2) is 25.8 Å². The second kappa shape index (κ2) is 3.11. The molecule has 2 rings (SSSR count). The molecule has 0 aromatic rings. The minimum Gasteiger partial charge on any atom is -0.380 e. The molecule has 0 bridgehead atoms. The van der Waals surface area contributed by atoms with Gasteiger partial charge in [0.05, 0.1) is 6.04 Å². The fourth-order valence-corrected chi connectivity index (χ4v) is 1.60. The van der Waals surface area contributed by atoms with Gasteiger partial charge < -0.3 is 10.6 Å². The molecule has 0 radical (unpaired) electrons. The first-order valence-corrected chi connectivity index (χ1v) is 4.22. The monoisotopic (exact) mass is 163 g/mol. The summed E-state index contributed by atoms with van der Waals surface area (Å²) in [4.78, 5) is 4.10. The number of rotatable bonds is 2. The largest absolute Gasteiger partial charge is 0.380 e. The molecule has 0 aromatic carbocycles. The normalized spacial score (nSPS) is 31.2. The van der Waals surface area contributed by atoms with Crippen LogP contribution in [-0.2, 0) is 0 Å². The predicted molar refractivity (Wildman–Crippen MR) is 50.1 cm³/mol. The van der Waals surface area contributed by atoms with Gasteiger partial charge in [-0.1, -0.05) is 6.08 Å². The Morgan fingerprint density at radius 1 is 1.67 bits per heavy atom. The summed E-state index contributed by atoms with van der Waals surface area (Å²) in [6, 6.07) is 0.436. The molecule has 0 saturated carbocycles. The zero-order chi connectivity index (χ0) is 8.39. The highest BCUT2D eigenvalue weighted by atomic mass is 15.0. The lowest BCUT2D eigenvalue weighted by Crippen LogP contribution is -2.30. The number of likely N-dealkylation sites (N-methyl/N-ethyl adjacent to an activating group) is 1. The van der Waals surface area contributed by atoms with Crippen molar-refractivity contribution in [3.63, 3.8) is 0 Å². The average Bonchev–Trinajstić information content (AvgIpc) is 2.47. The Kier molecular flexibility index (Phi) is 1.96. The van der Waals surface area contributed by atoms with E-state index in [1.165, 1.54) is 5.70 Å². The van der Waals surface area contributed by atoms with E-state index in [9.17, 15) is 0 Å². The van der Waals surface area contributed by atoms with Gasteiger partial charge in [0.2, 0.25) is 0 Å². The summed E-state index contributed by atoms with van der Waals surface area (Å²) < 4.78 is 0. The third-order valence-electron chi connectivity index (χ3n) is 2.17. The van der Waals surface area contributed by atoms with Gasteiger partial charge in [0.1, 0.15) is 0 Å². The van der Waals surface area contributed by atoms with E-state index in [2.05, 4.69) is 27.8 Å². The van der Waals surface area contributed by atoms with Gasteiger partial charge in [0, 0.05) is 30.6 Å². The van der Waals surface area contributed by atoms with E-state index in [0.29, 0.717) is 12.0 Å². The van der Waals surface area contributed by atoms with Crippen molar-refractivity contribution >= 4 is 6.21 Å². The molecule has 0 spiro atoms. The van der Waals surface area contributed by atoms with Crippen LogP contribution >= 0.6 is 0 Å². The van der Waals surface area contributed by atoms with Crippen LogP contribution < -0.4 is 10.6 Å². The van der Waals surface area contributed by atoms with Crippen molar-refractivity contribution in [1.82, 2.24) is 10.6 Å². The predicted octanol–water partition coefficient (Wildman–Crippen LogP) is 0.276. The van der Waals surface area contributed by atoms with E-state index in [-0.39, 0.29) is 0 Å². The molecule has 3 nitrogen and oxygen atoms in total. The Bertz CT molecular complexity index is 252. The maximum atomic E-state index is 4.10. The lowest BCUT2D eigenvalue weighted by atomic mass is 10.0. The first-order chi connectivity index (χ1) is 5.90. The summed E-state index contributed by atoms with van der Waals surface area (Å²) in [7, 11) is 1.95. The van der Waals surface area contributed by atoms with Crippen molar-refractivity contribution in [2.45, 2.75) is 6.04 Å². The molecule has 2 unspecified atom stereocenters. The fourth-order valence-electron chi connectivity index (χ4n) is 1.60. The molecule has 0 fully saturated rings. The SMILES string of the molecule is CNCC1=CC2C=NC=CC2N1. The quantitative estimate of drug-likeness (QED) is 0.613. The summed E-state index contributed by atoms with van der Waals surface area (Å²) in [6.45, 7) is 0.911. The van der Waals surface area contributed by atoms with Crippen LogP contribution in [0.3, 0.4) is 0 Å². The number of fused-ring (bicyclic) bond motifs is 1. The van der Waals surface area contributed by atoms with Crippen LogP contribution in [0.25, 0.3) is 0 Å². The zero-order valence-electron chi connectivity index (χ0n) is 7.12. The van der Waals surface area contributed by atoms with Gasteiger partial charge in [-0.25, -0.2) is 0 Å². The maximum Gasteiger partial charge on any atom is 0.0572 e. The number of aliphatic imine (C=N–C) groups is 1. The van der Waals surface area contributed by atoms with Gasteiger partial charge in [-0.05, 0) is 13.1 Å². The summed E-state index contributed by atoms with van der Waals surface area (Å²) in [5.74, 6) is 0.457. The topological polar surface area (TPSA) is 36.4 Å². The summed E-state index contributed by atoms with van der Waals surface area (Å²) in [6.07, 6.45) is 8.17. The van der Waals surface area contributed by atoms with E-state index >= 15 is 0 Å². The average molecular weight is 163 g/mol. The Hall–Kier alpha value is -1.09. The number of nitrogens with zero attached hydrogens (tertiary/aromatic N) is 1. The zero-order valence-corrected chi connectivity index (χ0v) is 7.12. The minimum atomic E-state index is 0.436.